The summed E-state index contributed by atoms with van der Waals surface area (Å²) in [6, 6.07) is 11.9. The molecule has 9 heteroatoms. The number of aryl methyl sites for hydroxylation is 1. The summed E-state index contributed by atoms with van der Waals surface area (Å²) in [7, 11) is 0. The van der Waals surface area contributed by atoms with E-state index in [9.17, 15) is 18.0 Å². The van der Waals surface area contributed by atoms with E-state index in [4.69, 9.17) is 4.74 Å². The van der Waals surface area contributed by atoms with Gasteiger partial charge in [0.25, 0.3) is 5.91 Å². The maximum absolute atomic E-state index is 13.7. The Kier molecular flexibility index (Phi) is 5.60. The molecule has 3 aromatic rings. The highest BCUT2D eigenvalue weighted by atomic mass is 32.1. The summed E-state index contributed by atoms with van der Waals surface area (Å²) in [5.74, 6) is 0.540. The minimum Gasteiger partial charge on any atom is -0.475 e. The van der Waals surface area contributed by atoms with Crippen molar-refractivity contribution >= 4 is 17.2 Å². The molecule has 2 aliphatic heterocycles. The number of halogens is 3. The molecule has 1 aliphatic carbocycles. The van der Waals surface area contributed by atoms with E-state index in [2.05, 4.69) is 9.97 Å². The van der Waals surface area contributed by atoms with Crippen LogP contribution in [0.3, 0.4) is 0 Å². The van der Waals surface area contributed by atoms with E-state index >= 15 is 0 Å². The van der Waals surface area contributed by atoms with E-state index in [1.165, 1.54) is 17.4 Å². The molecule has 3 fully saturated rings. The third-order valence-electron chi connectivity index (χ3n) is 6.30. The standard InChI is InChI=1S/C24H22F3N3O2S/c1-14-29-21(22(33-14)16-5-3-2-4-6-16)23(31)30-18-9-15(10-18)11-19(30)13-32-20-8-7-17(12-28-20)24(25,26)27/h2-8,12,15,18-19H,9-11,13H2,1H3. The van der Waals surface area contributed by atoms with E-state index in [1.54, 1.807) is 0 Å². The Balaban J connectivity index is 1.36. The van der Waals surface area contributed by atoms with E-state index in [1.807, 2.05) is 42.2 Å². The molecule has 0 spiro atoms. The number of nitrogens with zero attached hydrogens (tertiary/aromatic N) is 3. The molecule has 5 nitrogen and oxygen atoms in total. The molecule has 2 bridgehead atoms. The number of amides is 1. The van der Waals surface area contributed by atoms with Gasteiger partial charge >= 0.3 is 6.18 Å². The molecular formula is C24H22F3N3O2S. The van der Waals surface area contributed by atoms with E-state index in [-0.39, 0.29) is 30.5 Å². The van der Waals surface area contributed by atoms with Crippen LogP contribution in [-0.4, -0.2) is 39.5 Å². The number of carbonyl (C=O) groups is 1. The fourth-order valence-corrected chi connectivity index (χ4v) is 5.61. The van der Waals surface area contributed by atoms with Gasteiger partial charge in [-0.2, -0.15) is 13.2 Å². The van der Waals surface area contributed by atoms with Crippen LogP contribution in [0.25, 0.3) is 10.4 Å². The highest BCUT2D eigenvalue weighted by Gasteiger charge is 2.47. The number of hydrogen-bond donors (Lipinski definition) is 0. The smallest absolute Gasteiger partial charge is 0.417 e. The van der Waals surface area contributed by atoms with Gasteiger partial charge in [0, 0.05) is 18.3 Å². The Bertz CT molecular complexity index is 1140. The Morgan fingerprint density at radius 1 is 1.15 bits per heavy atom. The minimum absolute atomic E-state index is 0.115. The first-order chi connectivity index (χ1) is 15.8. The van der Waals surface area contributed by atoms with Gasteiger partial charge in [-0.3, -0.25) is 4.79 Å². The number of hydrogen-bond acceptors (Lipinski definition) is 5. The number of ether oxygens (including phenoxy) is 1. The summed E-state index contributed by atoms with van der Waals surface area (Å²) in [6.45, 7) is 2.07. The maximum atomic E-state index is 13.7. The second-order valence-electron chi connectivity index (χ2n) is 8.56. The molecule has 1 amide bonds. The summed E-state index contributed by atoms with van der Waals surface area (Å²) < 4.78 is 44.0. The fraction of sp³-hybridized carbons (Fsp3) is 0.375. The SMILES string of the molecule is Cc1nc(C(=O)N2C(COc3ccc(C(F)(F)F)cn3)CC3CC2C3)c(-c2ccccc2)s1. The van der Waals surface area contributed by atoms with Crippen molar-refractivity contribution in [3.8, 4) is 16.3 Å². The molecule has 1 atom stereocenters. The molecule has 1 aromatic carbocycles. The lowest BCUT2D eigenvalue weighted by atomic mass is 9.70. The Hall–Kier alpha value is -2.94. The largest absolute Gasteiger partial charge is 0.475 e. The van der Waals surface area contributed by atoms with Crippen molar-refractivity contribution < 1.29 is 22.7 Å². The number of pyridine rings is 1. The van der Waals surface area contributed by atoms with E-state index in [0.29, 0.717) is 11.6 Å². The topological polar surface area (TPSA) is 55.3 Å². The van der Waals surface area contributed by atoms with Crippen LogP contribution < -0.4 is 4.74 Å². The van der Waals surface area contributed by atoms with Crippen LogP contribution in [0.4, 0.5) is 13.2 Å². The summed E-state index contributed by atoms with van der Waals surface area (Å²) >= 11 is 1.50. The monoisotopic (exact) mass is 473 g/mol. The number of fused-ring (bicyclic) bond motifs is 2. The zero-order valence-corrected chi connectivity index (χ0v) is 18.7. The average Bonchev–Trinajstić information content (AvgIpc) is 3.18. The first-order valence-corrected chi connectivity index (χ1v) is 11.6. The Morgan fingerprint density at radius 2 is 1.91 bits per heavy atom. The molecule has 2 aromatic heterocycles. The van der Waals surface area contributed by atoms with Crippen molar-refractivity contribution in [2.24, 2.45) is 5.92 Å². The molecule has 172 valence electrons. The van der Waals surface area contributed by atoms with Crippen molar-refractivity contribution in [1.82, 2.24) is 14.9 Å². The van der Waals surface area contributed by atoms with Crippen molar-refractivity contribution in [2.45, 2.75) is 44.4 Å². The normalized spacial score (nSPS) is 22.1. The Morgan fingerprint density at radius 3 is 2.58 bits per heavy atom. The molecule has 3 aliphatic rings. The number of alkyl halides is 3. The molecule has 4 heterocycles. The summed E-state index contributed by atoms with van der Waals surface area (Å²) in [5, 5.41) is 0.822. The zero-order chi connectivity index (χ0) is 23.2. The van der Waals surface area contributed by atoms with Crippen molar-refractivity contribution in [1.29, 1.82) is 0 Å². The van der Waals surface area contributed by atoms with Crippen LogP contribution in [0.15, 0.2) is 48.7 Å². The van der Waals surface area contributed by atoms with Crippen LogP contribution in [0, 0.1) is 12.8 Å². The number of thiazole rings is 1. The zero-order valence-electron chi connectivity index (χ0n) is 17.9. The quantitative estimate of drug-likeness (QED) is 0.484. The number of piperidine rings is 2. The molecule has 0 N–H and O–H groups in total. The van der Waals surface area contributed by atoms with Gasteiger partial charge in [-0.1, -0.05) is 30.3 Å². The Labute approximate surface area is 193 Å². The lowest BCUT2D eigenvalue weighted by Gasteiger charge is -2.53. The lowest BCUT2D eigenvalue weighted by Crippen LogP contribution is -2.60. The highest BCUT2D eigenvalue weighted by molar-refractivity contribution is 7.15. The predicted molar refractivity (Wildman–Crippen MR) is 118 cm³/mol. The predicted octanol–water partition coefficient (Wildman–Crippen LogP) is 5.60. The number of benzene rings is 1. The van der Waals surface area contributed by atoms with Gasteiger partial charge in [-0.25, -0.2) is 9.97 Å². The third-order valence-corrected chi connectivity index (χ3v) is 7.32. The summed E-state index contributed by atoms with van der Waals surface area (Å²) in [4.78, 5) is 24.8. The molecule has 1 unspecified atom stereocenters. The van der Waals surface area contributed by atoms with Gasteiger partial charge in [-0.15, -0.1) is 11.3 Å². The van der Waals surface area contributed by atoms with Crippen LogP contribution in [0.2, 0.25) is 0 Å². The minimum atomic E-state index is -4.44. The highest BCUT2D eigenvalue weighted by Crippen LogP contribution is 2.44. The van der Waals surface area contributed by atoms with Gasteiger partial charge in [0.2, 0.25) is 5.88 Å². The second-order valence-corrected chi connectivity index (χ2v) is 9.77. The fourth-order valence-electron chi connectivity index (χ4n) is 4.69. The molecular weight excluding hydrogens is 451 g/mol. The van der Waals surface area contributed by atoms with Gasteiger partial charge in [0.1, 0.15) is 12.3 Å². The number of aromatic nitrogens is 2. The maximum Gasteiger partial charge on any atom is 0.417 e. The number of carbonyl (C=O) groups excluding carboxylic acids is 1. The number of rotatable bonds is 5. The van der Waals surface area contributed by atoms with Gasteiger partial charge in [0.05, 0.1) is 21.5 Å². The van der Waals surface area contributed by atoms with E-state index in [0.717, 1.165) is 47.0 Å². The molecule has 2 saturated heterocycles. The molecule has 1 saturated carbocycles. The molecule has 6 rings (SSSR count). The van der Waals surface area contributed by atoms with Crippen molar-refractivity contribution in [3.63, 3.8) is 0 Å². The van der Waals surface area contributed by atoms with Gasteiger partial charge in [-0.05, 0) is 43.7 Å². The average molecular weight is 474 g/mol. The lowest BCUT2D eigenvalue weighted by molar-refractivity contribution is -0.137. The summed E-state index contributed by atoms with van der Waals surface area (Å²) in [5.41, 5.74) is 0.585. The van der Waals surface area contributed by atoms with Crippen molar-refractivity contribution in [2.75, 3.05) is 6.61 Å². The van der Waals surface area contributed by atoms with Crippen molar-refractivity contribution in [3.05, 3.63) is 64.9 Å². The first-order valence-electron chi connectivity index (χ1n) is 10.8. The molecule has 33 heavy (non-hydrogen) atoms. The third kappa shape index (κ3) is 4.34. The van der Waals surface area contributed by atoms with Crippen LogP contribution in [0.5, 0.6) is 5.88 Å². The second kappa shape index (κ2) is 8.44. The van der Waals surface area contributed by atoms with E-state index < -0.39 is 11.7 Å². The molecule has 0 radical (unpaired) electrons. The van der Waals surface area contributed by atoms with Crippen LogP contribution in [-0.2, 0) is 6.18 Å². The van der Waals surface area contributed by atoms with Crippen LogP contribution in [0.1, 0.15) is 40.3 Å². The first kappa shape index (κ1) is 21.9. The van der Waals surface area contributed by atoms with Gasteiger partial charge in [0.15, 0.2) is 0 Å². The van der Waals surface area contributed by atoms with Gasteiger partial charge < -0.3 is 9.64 Å². The van der Waals surface area contributed by atoms with Crippen LogP contribution >= 0.6 is 11.3 Å². The summed E-state index contributed by atoms with van der Waals surface area (Å²) in [6.07, 6.45) is -0.954.